The molecule has 1 aromatic heterocycles. The molecule has 0 saturated carbocycles. The fourth-order valence-corrected chi connectivity index (χ4v) is 1.69. The van der Waals surface area contributed by atoms with Crippen molar-refractivity contribution in [2.75, 3.05) is 19.8 Å². The number of H-pyrrole nitrogens is 1. The van der Waals surface area contributed by atoms with Crippen LogP contribution in [-0.2, 0) is 4.74 Å². The van der Waals surface area contributed by atoms with Crippen LogP contribution in [0.1, 0.15) is 42.6 Å². The smallest absolute Gasteiger partial charge is 0.290 e. The Balaban J connectivity index is 1.85. The third kappa shape index (κ3) is 3.03. The largest absolute Gasteiger partial charge is 0.381 e. The van der Waals surface area contributed by atoms with Crippen LogP contribution in [0.5, 0.6) is 0 Å². The predicted octanol–water partition coefficient (Wildman–Crippen LogP) is 0.694. The highest BCUT2D eigenvalue weighted by Gasteiger charge is 2.18. The maximum absolute atomic E-state index is 11.7. The van der Waals surface area contributed by atoms with Gasteiger partial charge in [0.15, 0.2) is 0 Å². The molecule has 0 bridgehead atoms. The number of carbonyl (C=O) groups is 1. The number of aromatic amines is 1. The lowest BCUT2D eigenvalue weighted by Gasteiger charge is -2.07. The molecule has 1 aromatic rings. The minimum Gasteiger partial charge on any atom is -0.381 e. The van der Waals surface area contributed by atoms with Crippen LogP contribution < -0.4 is 5.32 Å². The molecule has 1 fully saturated rings. The van der Waals surface area contributed by atoms with E-state index < -0.39 is 0 Å². The Kier molecular flexibility index (Phi) is 3.73. The molecule has 0 aliphatic carbocycles. The molecule has 1 unspecified atom stereocenters. The van der Waals surface area contributed by atoms with Crippen LogP contribution in [0.2, 0.25) is 0 Å². The van der Waals surface area contributed by atoms with Crippen LogP contribution >= 0.6 is 0 Å². The van der Waals surface area contributed by atoms with Crippen molar-refractivity contribution in [1.82, 2.24) is 20.5 Å². The molecule has 2 N–H and O–H groups in total. The van der Waals surface area contributed by atoms with Crippen molar-refractivity contribution in [2.45, 2.75) is 26.2 Å². The van der Waals surface area contributed by atoms with Gasteiger partial charge in [-0.1, -0.05) is 13.8 Å². The van der Waals surface area contributed by atoms with Crippen molar-refractivity contribution in [2.24, 2.45) is 5.92 Å². The minimum atomic E-state index is -0.222. The summed E-state index contributed by atoms with van der Waals surface area (Å²) in [7, 11) is 0. The van der Waals surface area contributed by atoms with Crippen LogP contribution in [-0.4, -0.2) is 40.8 Å². The summed E-state index contributed by atoms with van der Waals surface area (Å²) in [4.78, 5) is 15.9. The number of hydrogen-bond acceptors (Lipinski definition) is 4. The predicted molar refractivity (Wildman–Crippen MR) is 61.7 cm³/mol. The first kappa shape index (κ1) is 12.0. The summed E-state index contributed by atoms with van der Waals surface area (Å²) < 4.78 is 5.24. The summed E-state index contributed by atoms with van der Waals surface area (Å²) in [6, 6.07) is 0. The van der Waals surface area contributed by atoms with Gasteiger partial charge >= 0.3 is 0 Å². The first-order valence-corrected chi connectivity index (χ1v) is 5.95. The molecule has 94 valence electrons. The molecule has 1 aliphatic rings. The van der Waals surface area contributed by atoms with Gasteiger partial charge in [-0.25, -0.2) is 4.98 Å². The van der Waals surface area contributed by atoms with Gasteiger partial charge in [0.2, 0.25) is 5.82 Å². The van der Waals surface area contributed by atoms with Gasteiger partial charge < -0.3 is 10.1 Å². The van der Waals surface area contributed by atoms with E-state index in [0.717, 1.165) is 25.5 Å². The monoisotopic (exact) mass is 238 g/mol. The normalized spacial score (nSPS) is 19.8. The Morgan fingerprint density at radius 3 is 3.06 bits per heavy atom. The number of aromatic nitrogens is 3. The molecule has 1 amide bonds. The average Bonchev–Trinajstić information content (AvgIpc) is 2.96. The van der Waals surface area contributed by atoms with Crippen molar-refractivity contribution in [1.29, 1.82) is 0 Å². The van der Waals surface area contributed by atoms with E-state index in [4.69, 9.17) is 4.74 Å². The molecular weight excluding hydrogens is 220 g/mol. The van der Waals surface area contributed by atoms with Gasteiger partial charge in [0.1, 0.15) is 5.82 Å². The summed E-state index contributed by atoms with van der Waals surface area (Å²) in [6.45, 7) is 6.14. The minimum absolute atomic E-state index is 0.215. The van der Waals surface area contributed by atoms with Gasteiger partial charge in [0.05, 0.1) is 6.61 Å². The molecule has 6 nitrogen and oxygen atoms in total. The van der Waals surface area contributed by atoms with E-state index in [2.05, 4.69) is 20.5 Å². The molecule has 2 rings (SSSR count). The molecular formula is C11H18N4O2. The van der Waals surface area contributed by atoms with Crippen LogP contribution in [0.4, 0.5) is 0 Å². The average molecular weight is 238 g/mol. The first-order valence-electron chi connectivity index (χ1n) is 5.95. The Bertz CT molecular complexity index is 383. The lowest BCUT2D eigenvalue weighted by atomic mass is 10.1. The Labute approximate surface area is 100 Å². The molecule has 0 spiro atoms. The molecule has 1 aliphatic heterocycles. The first-order chi connectivity index (χ1) is 8.16. The van der Waals surface area contributed by atoms with Gasteiger partial charge in [-0.3, -0.25) is 9.89 Å². The molecule has 6 heteroatoms. The Morgan fingerprint density at radius 2 is 2.47 bits per heavy atom. The number of amides is 1. The fourth-order valence-electron chi connectivity index (χ4n) is 1.69. The number of rotatable bonds is 4. The van der Waals surface area contributed by atoms with Gasteiger partial charge in [-0.05, 0) is 6.42 Å². The van der Waals surface area contributed by atoms with Gasteiger partial charge in [0.25, 0.3) is 5.91 Å². The second kappa shape index (κ2) is 5.27. The highest BCUT2D eigenvalue weighted by atomic mass is 16.5. The number of nitrogens with one attached hydrogen (secondary N) is 2. The molecule has 0 radical (unpaired) electrons. The standard InChI is InChI=1S/C11H18N4O2/c1-7(2)9-13-10(15-14-9)11(16)12-5-8-3-4-17-6-8/h7-8H,3-6H2,1-2H3,(H,12,16)(H,13,14,15). The number of hydrogen-bond donors (Lipinski definition) is 2. The van der Waals surface area contributed by atoms with Crippen molar-refractivity contribution >= 4 is 5.91 Å². The van der Waals surface area contributed by atoms with E-state index in [1.165, 1.54) is 0 Å². The summed E-state index contributed by atoms with van der Waals surface area (Å²) in [5.74, 6) is 1.39. The zero-order valence-corrected chi connectivity index (χ0v) is 10.2. The van der Waals surface area contributed by atoms with Crippen LogP contribution in [0.25, 0.3) is 0 Å². The quantitative estimate of drug-likeness (QED) is 0.809. The van der Waals surface area contributed by atoms with E-state index in [0.29, 0.717) is 12.5 Å². The molecule has 1 atom stereocenters. The number of carbonyl (C=O) groups excluding carboxylic acids is 1. The van der Waals surface area contributed by atoms with Gasteiger partial charge in [-0.15, -0.1) is 5.10 Å². The molecule has 1 saturated heterocycles. The fraction of sp³-hybridized carbons (Fsp3) is 0.727. The second-order valence-corrected chi connectivity index (χ2v) is 4.64. The lowest BCUT2D eigenvalue weighted by molar-refractivity contribution is 0.0935. The molecule has 0 aromatic carbocycles. The topological polar surface area (TPSA) is 79.9 Å². The number of ether oxygens (including phenoxy) is 1. The maximum Gasteiger partial charge on any atom is 0.290 e. The summed E-state index contributed by atoms with van der Waals surface area (Å²) in [5.41, 5.74) is 0. The highest BCUT2D eigenvalue weighted by Crippen LogP contribution is 2.11. The third-order valence-electron chi connectivity index (χ3n) is 2.83. The zero-order valence-electron chi connectivity index (χ0n) is 10.2. The second-order valence-electron chi connectivity index (χ2n) is 4.64. The lowest BCUT2D eigenvalue weighted by Crippen LogP contribution is -2.30. The maximum atomic E-state index is 11.7. The van der Waals surface area contributed by atoms with Crippen molar-refractivity contribution in [3.63, 3.8) is 0 Å². The van der Waals surface area contributed by atoms with Crippen LogP contribution in [0.15, 0.2) is 0 Å². The Hall–Kier alpha value is -1.43. The van der Waals surface area contributed by atoms with E-state index >= 15 is 0 Å². The van der Waals surface area contributed by atoms with Gasteiger partial charge in [0, 0.05) is 25.0 Å². The zero-order chi connectivity index (χ0) is 12.3. The highest BCUT2D eigenvalue weighted by molar-refractivity contribution is 5.90. The van der Waals surface area contributed by atoms with E-state index in [-0.39, 0.29) is 17.6 Å². The van der Waals surface area contributed by atoms with Crippen LogP contribution in [0, 0.1) is 5.92 Å². The molecule has 2 heterocycles. The van der Waals surface area contributed by atoms with E-state index in [1.807, 2.05) is 13.8 Å². The summed E-state index contributed by atoms with van der Waals surface area (Å²) >= 11 is 0. The SMILES string of the molecule is CC(C)c1nc(C(=O)NCC2CCOC2)n[nH]1. The summed E-state index contributed by atoms with van der Waals surface area (Å²) in [5, 5.41) is 9.50. The van der Waals surface area contributed by atoms with Crippen molar-refractivity contribution in [3.05, 3.63) is 11.6 Å². The van der Waals surface area contributed by atoms with E-state index in [1.54, 1.807) is 0 Å². The number of nitrogens with zero attached hydrogens (tertiary/aromatic N) is 2. The van der Waals surface area contributed by atoms with Gasteiger partial charge in [-0.2, -0.15) is 0 Å². The van der Waals surface area contributed by atoms with Crippen LogP contribution in [0.3, 0.4) is 0 Å². The van der Waals surface area contributed by atoms with E-state index in [9.17, 15) is 4.79 Å². The molecule has 17 heavy (non-hydrogen) atoms. The Morgan fingerprint density at radius 1 is 1.65 bits per heavy atom. The van der Waals surface area contributed by atoms with Crippen molar-refractivity contribution < 1.29 is 9.53 Å². The third-order valence-corrected chi connectivity index (χ3v) is 2.83. The van der Waals surface area contributed by atoms with Crippen molar-refractivity contribution in [3.8, 4) is 0 Å². The summed E-state index contributed by atoms with van der Waals surface area (Å²) in [6.07, 6.45) is 1.01.